The van der Waals surface area contributed by atoms with Gasteiger partial charge in [0.15, 0.2) is 0 Å². The van der Waals surface area contributed by atoms with Crippen LogP contribution in [0.15, 0.2) is 48.8 Å². The van der Waals surface area contributed by atoms with Gasteiger partial charge in [-0.15, -0.1) is 0 Å². The SMILES string of the molecule is Cc1cc(-c2cc3cc(-c4cccc(C(=O)NC(C)(C)C#N)n4)cnc3[nH]2)cnn1. The van der Waals surface area contributed by atoms with E-state index in [1.165, 1.54) is 0 Å². The zero-order valence-corrected chi connectivity index (χ0v) is 16.8. The van der Waals surface area contributed by atoms with E-state index in [9.17, 15) is 4.79 Å². The van der Waals surface area contributed by atoms with Crippen molar-refractivity contribution in [1.29, 1.82) is 5.26 Å². The van der Waals surface area contributed by atoms with Gasteiger partial charge in [0.25, 0.3) is 5.91 Å². The van der Waals surface area contributed by atoms with Gasteiger partial charge in [-0.3, -0.25) is 4.79 Å². The lowest BCUT2D eigenvalue weighted by molar-refractivity contribution is 0.0924. The number of carbonyl (C=O) groups excluding carboxylic acids is 1. The molecule has 4 aromatic rings. The zero-order chi connectivity index (χ0) is 21.3. The van der Waals surface area contributed by atoms with Gasteiger partial charge in [0.05, 0.1) is 23.7 Å². The Bertz CT molecular complexity index is 1300. The fourth-order valence-corrected chi connectivity index (χ4v) is 3.03. The number of nitrogens with one attached hydrogen (secondary N) is 2. The van der Waals surface area contributed by atoms with Gasteiger partial charge in [-0.25, -0.2) is 9.97 Å². The highest BCUT2D eigenvalue weighted by atomic mass is 16.2. The van der Waals surface area contributed by atoms with Crippen LogP contribution in [-0.2, 0) is 0 Å². The molecule has 4 heterocycles. The minimum Gasteiger partial charge on any atom is -0.339 e. The molecular weight excluding hydrogens is 378 g/mol. The van der Waals surface area contributed by atoms with Crippen molar-refractivity contribution in [2.24, 2.45) is 0 Å². The van der Waals surface area contributed by atoms with Crippen LogP contribution in [0.1, 0.15) is 30.0 Å². The van der Waals surface area contributed by atoms with E-state index in [4.69, 9.17) is 5.26 Å². The second-order valence-corrected chi connectivity index (χ2v) is 7.53. The summed E-state index contributed by atoms with van der Waals surface area (Å²) in [5.74, 6) is -0.401. The second kappa shape index (κ2) is 7.37. The summed E-state index contributed by atoms with van der Waals surface area (Å²) in [6.07, 6.45) is 3.41. The van der Waals surface area contributed by atoms with Crippen LogP contribution in [0.2, 0.25) is 0 Å². The number of aryl methyl sites for hydroxylation is 1. The summed E-state index contributed by atoms with van der Waals surface area (Å²) in [5, 5.41) is 20.7. The van der Waals surface area contributed by atoms with Crippen molar-refractivity contribution >= 4 is 16.9 Å². The van der Waals surface area contributed by atoms with E-state index in [-0.39, 0.29) is 5.69 Å². The summed E-state index contributed by atoms with van der Waals surface area (Å²) in [6, 6.07) is 13.1. The number of aromatic nitrogens is 5. The first-order chi connectivity index (χ1) is 14.3. The molecule has 0 spiro atoms. The summed E-state index contributed by atoms with van der Waals surface area (Å²) in [5.41, 5.74) is 4.07. The van der Waals surface area contributed by atoms with Crippen molar-refractivity contribution in [2.75, 3.05) is 0 Å². The predicted molar refractivity (Wildman–Crippen MR) is 112 cm³/mol. The van der Waals surface area contributed by atoms with E-state index in [0.717, 1.165) is 33.5 Å². The Labute approximate surface area is 173 Å². The third-order valence-electron chi connectivity index (χ3n) is 4.54. The lowest BCUT2D eigenvalue weighted by atomic mass is 10.1. The Balaban J connectivity index is 1.67. The molecule has 0 saturated carbocycles. The number of nitrogens with zero attached hydrogens (tertiary/aromatic N) is 5. The van der Waals surface area contributed by atoms with Crippen LogP contribution >= 0.6 is 0 Å². The molecule has 30 heavy (non-hydrogen) atoms. The van der Waals surface area contributed by atoms with Crippen molar-refractivity contribution in [3.05, 3.63) is 60.2 Å². The van der Waals surface area contributed by atoms with Crippen LogP contribution in [-0.4, -0.2) is 36.6 Å². The van der Waals surface area contributed by atoms with Crippen LogP contribution in [0, 0.1) is 18.3 Å². The van der Waals surface area contributed by atoms with Crippen molar-refractivity contribution in [3.8, 4) is 28.6 Å². The third-order valence-corrected chi connectivity index (χ3v) is 4.54. The van der Waals surface area contributed by atoms with E-state index in [1.807, 2.05) is 37.3 Å². The molecule has 0 aromatic carbocycles. The lowest BCUT2D eigenvalue weighted by Crippen LogP contribution is -2.42. The van der Waals surface area contributed by atoms with Gasteiger partial charge in [-0.1, -0.05) is 6.07 Å². The number of aromatic amines is 1. The monoisotopic (exact) mass is 397 g/mol. The van der Waals surface area contributed by atoms with Crippen molar-refractivity contribution in [1.82, 2.24) is 30.5 Å². The molecule has 0 aliphatic rings. The Morgan fingerprint density at radius 3 is 2.77 bits per heavy atom. The molecule has 4 rings (SSSR count). The molecule has 4 aromatic heterocycles. The molecule has 0 radical (unpaired) electrons. The average molecular weight is 397 g/mol. The number of amides is 1. The summed E-state index contributed by atoms with van der Waals surface area (Å²) in [7, 11) is 0. The molecule has 0 saturated heterocycles. The van der Waals surface area contributed by atoms with Gasteiger partial charge in [-0.2, -0.15) is 15.5 Å². The maximum Gasteiger partial charge on any atom is 0.271 e. The fraction of sp³-hybridized carbons (Fsp3) is 0.182. The summed E-state index contributed by atoms with van der Waals surface area (Å²) in [6.45, 7) is 5.16. The van der Waals surface area contributed by atoms with E-state index in [1.54, 1.807) is 38.4 Å². The molecule has 8 heteroatoms. The topological polar surface area (TPSA) is 120 Å². The zero-order valence-electron chi connectivity index (χ0n) is 16.8. The van der Waals surface area contributed by atoms with Crippen LogP contribution in [0.5, 0.6) is 0 Å². The standard InChI is InChI=1S/C22H19N7O/c1-13-7-15(11-25-29-13)19-9-14-8-16(10-24-20(14)27-19)17-5-4-6-18(26-17)21(30)28-22(2,3)12-23/h4-11H,1-3H3,(H,24,27)(H,28,30). The number of H-pyrrole nitrogens is 1. The number of rotatable bonds is 4. The smallest absolute Gasteiger partial charge is 0.271 e. The second-order valence-electron chi connectivity index (χ2n) is 7.53. The highest BCUT2D eigenvalue weighted by Crippen LogP contribution is 2.26. The number of hydrogen-bond donors (Lipinski definition) is 2. The van der Waals surface area contributed by atoms with Crippen LogP contribution in [0.25, 0.3) is 33.5 Å². The molecule has 0 fully saturated rings. The maximum absolute atomic E-state index is 12.4. The molecule has 0 bridgehead atoms. The minimum atomic E-state index is -0.975. The first-order valence-electron chi connectivity index (χ1n) is 9.34. The molecule has 0 aliphatic carbocycles. The van der Waals surface area contributed by atoms with E-state index < -0.39 is 11.4 Å². The number of carbonyl (C=O) groups is 1. The molecule has 0 unspecified atom stereocenters. The quantitative estimate of drug-likeness (QED) is 0.544. The van der Waals surface area contributed by atoms with Gasteiger partial charge in [0.1, 0.15) is 16.9 Å². The Morgan fingerprint density at radius 2 is 2.00 bits per heavy atom. The molecule has 0 atom stereocenters. The number of fused-ring (bicyclic) bond motifs is 1. The third kappa shape index (κ3) is 3.86. The summed E-state index contributed by atoms with van der Waals surface area (Å²) in [4.78, 5) is 24.7. The minimum absolute atomic E-state index is 0.240. The predicted octanol–water partition coefficient (Wildman–Crippen LogP) is 3.42. The largest absolute Gasteiger partial charge is 0.339 e. The van der Waals surface area contributed by atoms with E-state index in [2.05, 4.69) is 30.5 Å². The normalized spacial score (nSPS) is 11.3. The van der Waals surface area contributed by atoms with Crippen molar-refractivity contribution in [3.63, 3.8) is 0 Å². The Morgan fingerprint density at radius 1 is 1.17 bits per heavy atom. The van der Waals surface area contributed by atoms with Crippen molar-refractivity contribution in [2.45, 2.75) is 26.3 Å². The van der Waals surface area contributed by atoms with Crippen LogP contribution in [0.3, 0.4) is 0 Å². The van der Waals surface area contributed by atoms with Crippen LogP contribution < -0.4 is 5.32 Å². The lowest BCUT2D eigenvalue weighted by Gasteiger charge is -2.17. The van der Waals surface area contributed by atoms with Gasteiger partial charge in [-0.05, 0) is 51.1 Å². The molecule has 8 nitrogen and oxygen atoms in total. The molecule has 148 valence electrons. The highest BCUT2D eigenvalue weighted by Gasteiger charge is 2.21. The molecule has 2 N–H and O–H groups in total. The van der Waals surface area contributed by atoms with Crippen LogP contribution in [0.4, 0.5) is 0 Å². The first-order valence-corrected chi connectivity index (χ1v) is 9.34. The van der Waals surface area contributed by atoms with Gasteiger partial charge in [0.2, 0.25) is 0 Å². The van der Waals surface area contributed by atoms with E-state index in [0.29, 0.717) is 5.69 Å². The first kappa shape index (κ1) is 19.2. The molecular formula is C22H19N7O. The highest BCUT2D eigenvalue weighted by molar-refractivity contribution is 5.94. The molecule has 0 aliphatic heterocycles. The van der Waals surface area contributed by atoms with Gasteiger partial charge in [0, 0.05) is 28.4 Å². The number of pyridine rings is 2. The van der Waals surface area contributed by atoms with Crippen molar-refractivity contribution < 1.29 is 4.79 Å². The van der Waals surface area contributed by atoms with E-state index >= 15 is 0 Å². The van der Waals surface area contributed by atoms with Gasteiger partial charge >= 0.3 is 0 Å². The summed E-state index contributed by atoms with van der Waals surface area (Å²) >= 11 is 0. The number of hydrogen-bond acceptors (Lipinski definition) is 6. The molecule has 1 amide bonds. The summed E-state index contributed by atoms with van der Waals surface area (Å²) < 4.78 is 0. The number of nitriles is 1. The maximum atomic E-state index is 12.4. The fourth-order valence-electron chi connectivity index (χ4n) is 3.03. The Hall–Kier alpha value is -4.12. The average Bonchev–Trinajstić information content (AvgIpc) is 3.17. The Kier molecular flexibility index (Phi) is 4.72. The van der Waals surface area contributed by atoms with Gasteiger partial charge < -0.3 is 10.3 Å².